The van der Waals surface area contributed by atoms with Gasteiger partial charge in [0.25, 0.3) is 0 Å². The fourth-order valence-corrected chi connectivity index (χ4v) is 2.82. The van der Waals surface area contributed by atoms with E-state index in [0.717, 1.165) is 10.4 Å². The molecule has 1 aromatic heterocycles. The number of thiophene rings is 1. The lowest BCUT2D eigenvalue weighted by atomic mass is 10.1. The number of hydrogen-bond acceptors (Lipinski definition) is 3. The smallest absolute Gasteiger partial charge is 0.315 e. The minimum absolute atomic E-state index is 0.148. The number of urea groups is 1. The van der Waals surface area contributed by atoms with E-state index < -0.39 is 5.60 Å². The number of amides is 2. The Hall–Kier alpha value is -1.56. The molecule has 0 radical (unpaired) electrons. The molecule has 2 rings (SSSR count). The summed E-state index contributed by atoms with van der Waals surface area (Å²) in [7, 11) is 0. The lowest BCUT2D eigenvalue weighted by Gasteiger charge is -2.22. The van der Waals surface area contributed by atoms with Crippen molar-refractivity contribution in [1.29, 1.82) is 0 Å². The molecule has 1 heterocycles. The highest BCUT2D eigenvalue weighted by atomic mass is 35.5. The lowest BCUT2D eigenvalue weighted by Crippen LogP contribution is -2.42. The molecule has 0 fully saturated rings. The van der Waals surface area contributed by atoms with Crippen LogP contribution in [0.15, 0.2) is 41.8 Å². The Kier molecular flexibility index (Phi) is 5.22. The van der Waals surface area contributed by atoms with Gasteiger partial charge in [0.1, 0.15) is 5.60 Å². The van der Waals surface area contributed by atoms with Crippen LogP contribution in [0.5, 0.6) is 0 Å². The topological polar surface area (TPSA) is 61.4 Å². The molecule has 0 saturated heterocycles. The fraction of sp³-hybridized carbons (Fsp3) is 0.267. The molecule has 1 unspecified atom stereocenters. The maximum absolute atomic E-state index is 11.8. The largest absolute Gasteiger partial charge is 0.383 e. The highest BCUT2D eigenvalue weighted by Crippen LogP contribution is 2.24. The second-order valence-electron chi connectivity index (χ2n) is 4.92. The first-order chi connectivity index (χ1) is 9.97. The summed E-state index contributed by atoms with van der Waals surface area (Å²) < 4.78 is 0. The Morgan fingerprint density at radius 3 is 2.81 bits per heavy atom. The molecule has 2 aromatic rings. The molecule has 0 spiro atoms. The quantitative estimate of drug-likeness (QED) is 0.791. The van der Waals surface area contributed by atoms with E-state index in [4.69, 9.17) is 11.6 Å². The molecule has 0 bridgehead atoms. The number of aliphatic hydroxyl groups is 1. The number of hydrogen-bond donors (Lipinski definition) is 3. The minimum atomic E-state index is -1.07. The Bertz CT molecular complexity index is 599. The van der Waals surface area contributed by atoms with E-state index in [9.17, 15) is 9.90 Å². The molecular formula is C15H17ClN2O2S. The maximum atomic E-state index is 11.8. The zero-order valence-corrected chi connectivity index (χ0v) is 13.2. The van der Waals surface area contributed by atoms with Gasteiger partial charge >= 0.3 is 6.03 Å². The molecule has 0 saturated carbocycles. The average Bonchev–Trinajstić information content (AvgIpc) is 2.98. The number of carbonyl (C=O) groups is 1. The van der Waals surface area contributed by atoms with Gasteiger partial charge in [-0.05, 0) is 36.1 Å². The summed E-state index contributed by atoms with van der Waals surface area (Å²) in [5.74, 6) is 0. The van der Waals surface area contributed by atoms with Crippen molar-refractivity contribution in [3.63, 3.8) is 0 Å². The summed E-state index contributed by atoms with van der Waals surface area (Å²) in [4.78, 5) is 12.6. The Labute approximate surface area is 132 Å². The summed E-state index contributed by atoms with van der Waals surface area (Å²) in [6.07, 6.45) is 0. The van der Waals surface area contributed by atoms with E-state index in [1.165, 1.54) is 11.3 Å². The standard InChI is InChI=1S/C15H17ClN2O2S/c1-15(20,13-6-3-7-21-13)10-18-14(19)17-9-11-4-2-5-12(16)8-11/h2-8,20H,9-10H2,1H3,(H2,17,18,19). The lowest BCUT2D eigenvalue weighted by molar-refractivity contribution is 0.0631. The van der Waals surface area contributed by atoms with Gasteiger partial charge in [-0.25, -0.2) is 4.79 Å². The molecule has 0 aliphatic carbocycles. The summed E-state index contributed by atoms with van der Waals surface area (Å²) >= 11 is 7.33. The summed E-state index contributed by atoms with van der Waals surface area (Å²) in [6.45, 7) is 2.21. The maximum Gasteiger partial charge on any atom is 0.315 e. The first-order valence-corrected chi connectivity index (χ1v) is 7.76. The molecule has 2 amide bonds. The number of nitrogens with one attached hydrogen (secondary N) is 2. The Balaban J connectivity index is 1.80. The molecule has 6 heteroatoms. The van der Waals surface area contributed by atoms with Gasteiger partial charge in [0.05, 0.1) is 6.54 Å². The zero-order valence-electron chi connectivity index (χ0n) is 11.6. The van der Waals surface area contributed by atoms with Gasteiger partial charge in [-0.3, -0.25) is 0 Å². The van der Waals surface area contributed by atoms with Crippen LogP contribution in [0.2, 0.25) is 5.02 Å². The van der Waals surface area contributed by atoms with Crippen molar-refractivity contribution in [3.8, 4) is 0 Å². The van der Waals surface area contributed by atoms with Crippen molar-refractivity contribution < 1.29 is 9.90 Å². The van der Waals surface area contributed by atoms with Crippen LogP contribution in [0, 0.1) is 0 Å². The van der Waals surface area contributed by atoms with Crippen LogP contribution in [0.1, 0.15) is 17.4 Å². The third-order valence-corrected chi connectivity index (χ3v) is 4.35. The van der Waals surface area contributed by atoms with Crippen molar-refractivity contribution in [1.82, 2.24) is 10.6 Å². The van der Waals surface area contributed by atoms with E-state index >= 15 is 0 Å². The van der Waals surface area contributed by atoms with Crippen molar-refractivity contribution in [3.05, 3.63) is 57.2 Å². The van der Waals surface area contributed by atoms with Crippen LogP contribution in [-0.2, 0) is 12.1 Å². The zero-order chi connectivity index (χ0) is 15.3. The molecule has 112 valence electrons. The third-order valence-electron chi connectivity index (χ3n) is 2.99. The van der Waals surface area contributed by atoms with Crippen LogP contribution in [0.25, 0.3) is 0 Å². The highest BCUT2D eigenvalue weighted by molar-refractivity contribution is 7.10. The Morgan fingerprint density at radius 2 is 2.14 bits per heavy atom. The van der Waals surface area contributed by atoms with Gasteiger partial charge in [0.15, 0.2) is 0 Å². The van der Waals surface area contributed by atoms with Crippen molar-refractivity contribution >= 4 is 29.0 Å². The van der Waals surface area contributed by atoms with Crippen LogP contribution in [0.3, 0.4) is 0 Å². The molecule has 3 N–H and O–H groups in total. The van der Waals surface area contributed by atoms with Crippen LogP contribution in [-0.4, -0.2) is 17.7 Å². The van der Waals surface area contributed by atoms with E-state index in [1.54, 1.807) is 19.1 Å². The fourth-order valence-electron chi connectivity index (χ4n) is 1.82. The number of rotatable bonds is 5. The number of carbonyl (C=O) groups excluding carboxylic acids is 1. The molecule has 0 aliphatic heterocycles. The third kappa shape index (κ3) is 4.74. The highest BCUT2D eigenvalue weighted by Gasteiger charge is 2.24. The first kappa shape index (κ1) is 15.8. The van der Waals surface area contributed by atoms with Crippen molar-refractivity contribution in [2.75, 3.05) is 6.54 Å². The minimum Gasteiger partial charge on any atom is -0.383 e. The van der Waals surface area contributed by atoms with Gasteiger partial charge in [-0.1, -0.05) is 29.8 Å². The van der Waals surface area contributed by atoms with Gasteiger partial charge in [0.2, 0.25) is 0 Å². The van der Waals surface area contributed by atoms with Crippen LogP contribution in [0.4, 0.5) is 4.79 Å². The molecule has 21 heavy (non-hydrogen) atoms. The van der Waals surface area contributed by atoms with E-state index in [1.807, 2.05) is 29.6 Å². The van der Waals surface area contributed by atoms with Gasteiger partial charge in [0, 0.05) is 16.4 Å². The Morgan fingerprint density at radius 1 is 1.33 bits per heavy atom. The molecular weight excluding hydrogens is 308 g/mol. The SMILES string of the molecule is CC(O)(CNC(=O)NCc1cccc(Cl)c1)c1cccs1. The van der Waals surface area contributed by atoms with Crippen LogP contribution >= 0.6 is 22.9 Å². The predicted molar refractivity (Wildman–Crippen MR) is 85.6 cm³/mol. The first-order valence-electron chi connectivity index (χ1n) is 6.50. The van der Waals surface area contributed by atoms with E-state index in [-0.39, 0.29) is 12.6 Å². The summed E-state index contributed by atoms with van der Waals surface area (Å²) in [5, 5.41) is 18.2. The molecule has 4 nitrogen and oxygen atoms in total. The molecule has 0 aliphatic rings. The normalized spacial score (nSPS) is 13.5. The average molecular weight is 325 g/mol. The molecule has 1 atom stereocenters. The van der Waals surface area contributed by atoms with Crippen LogP contribution < -0.4 is 10.6 Å². The summed E-state index contributed by atoms with van der Waals surface area (Å²) in [6, 6.07) is 10.7. The van der Waals surface area contributed by atoms with Crippen molar-refractivity contribution in [2.45, 2.75) is 19.1 Å². The number of benzene rings is 1. The second kappa shape index (κ2) is 6.93. The number of halogens is 1. The predicted octanol–water partition coefficient (Wildman–Crippen LogP) is 3.11. The molecule has 1 aromatic carbocycles. The van der Waals surface area contributed by atoms with Gasteiger partial charge in [-0.15, -0.1) is 11.3 Å². The summed E-state index contributed by atoms with van der Waals surface area (Å²) in [5.41, 5.74) is -0.149. The van der Waals surface area contributed by atoms with Crippen molar-refractivity contribution in [2.24, 2.45) is 0 Å². The monoisotopic (exact) mass is 324 g/mol. The second-order valence-corrected chi connectivity index (χ2v) is 6.30. The van der Waals surface area contributed by atoms with Gasteiger partial charge in [-0.2, -0.15) is 0 Å². The van der Waals surface area contributed by atoms with E-state index in [0.29, 0.717) is 11.6 Å². The van der Waals surface area contributed by atoms with E-state index in [2.05, 4.69) is 10.6 Å². The van der Waals surface area contributed by atoms with Gasteiger partial charge < -0.3 is 15.7 Å².